The topological polar surface area (TPSA) is 84.9 Å². The van der Waals surface area contributed by atoms with Crippen LogP contribution in [0.5, 0.6) is 11.5 Å². The predicted molar refractivity (Wildman–Crippen MR) is 125 cm³/mol. The molecule has 0 radical (unpaired) electrons. The molecule has 0 aliphatic heterocycles. The lowest BCUT2D eigenvalue weighted by Gasteiger charge is -2.17. The van der Waals surface area contributed by atoms with Crippen molar-refractivity contribution in [3.63, 3.8) is 0 Å². The van der Waals surface area contributed by atoms with Crippen molar-refractivity contribution in [2.45, 2.75) is 33.4 Å². The minimum absolute atomic E-state index is 0.233. The van der Waals surface area contributed by atoms with Gasteiger partial charge >= 0.3 is 5.97 Å². The lowest BCUT2D eigenvalue weighted by Crippen LogP contribution is -2.43. The molecule has 6 nitrogen and oxygen atoms in total. The van der Waals surface area contributed by atoms with Crippen LogP contribution in [0, 0.1) is 5.92 Å². The summed E-state index contributed by atoms with van der Waals surface area (Å²) in [4.78, 5) is 23.4. The van der Waals surface area contributed by atoms with Gasteiger partial charge in [-0.25, -0.2) is 4.79 Å². The molecule has 0 spiro atoms. The summed E-state index contributed by atoms with van der Waals surface area (Å²) in [6.07, 6.45) is 2.87. The van der Waals surface area contributed by atoms with Gasteiger partial charge in [-0.2, -0.15) is 0 Å². The third kappa shape index (κ3) is 7.29. The monoisotopic (exact) mass is 509 g/mol. The summed E-state index contributed by atoms with van der Waals surface area (Å²) < 4.78 is 12.3. The fraction of sp³-hybridized carbons (Fsp3) is 0.304. The van der Waals surface area contributed by atoms with Crippen LogP contribution in [-0.2, 0) is 16.2 Å². The summed E-state index contributed by atoms with van der Waals surface area (Å²) in [5.41, 5.74) is 1.53. The zero-order valence-electron chi connectivity index (χ0n) is 17.5. The highest BCUT2D eigenvalue weighted by Gasteiger charge is 2.22. The third-order valence-corrected chi connectivity index (χ3v) is 5.28. The Balaban J connectivity index is 2.18. The fourth-order valence-corrected chi connectivity index (χ4v) is 3.50. The van der Waals surface area contributed by atoms with Crippen molar-refractivity contribution in [1.82, 2.24) is 5.32 Å². The fourth-order valence-electron chi connectivity index (χ4n) is 2.74. The van der Waals surface area contributed by atoms with Crippen molar-refractivity contribution < 1.29 is 24.2 Å². The highest BCUT2D eigenvalue weighted by Crippen LogP contribution is 2.38. The minimum atomic E-state index is -1.07. The molecule has 2 aromatic rings. The van der Waals surface area contributed by atoms with Crippen LogP contribution in [0.25, 0.3) is 6.08 Å². The van der Waals surface area contributed by atoms with Crippen molar-refractivity contribution >= 4 is 45.5 Å². The molecule has 0 saturated heterocycles. The molecule has 2 rings (SSSR count). The van der Waals surface area contributed by atoms with Crippen molar-refractivity contribution in [2.75, 3.05) is 6.61 Å². The maximum Gasteiger partial charge on any atom is 0.326 e. The highest BCUT2D eigenvalue weighted by molar-refractivity contribution is 9.10. The van der Waals surface area contributed by atoms with Crippen LogP contribution >= 0.6 is 27.5 Å². The lowest BCUT2D eigenvalue weighted by molar-refractivity contribution is -0.142. The number of benzene rings is 2. The molecule has 1 unspecified atom stereocenters. The summed E-state index contributed by atoms with van der Waals surface area (Å²) in [5.74, 6) is -0.765. The normalized spacial score (nSPS) is 12.1. The van der Waals surface area contributed by atoms with E-state index in [2.05, 4.69) is 21.2 Å². The SMILES string of the molecule is CCOc1cc(/C=C/C(=O)NC(C(=O)O)C(C)C)cc(Br)c1OCc1ccccc1Cl. The van der Waals surface area contributed by atoms with Gasteiger partial charge in [0.2, 0.25) is 5.91 Å². The van der Waals surface area contributed by atoms with Crippen molar-refractivity contribution in [3.8, 4) is 11.5 Å². The molecule has 1 atom stereocenters. The average molecular weight is 511 g/mol. The zero-order valence-corrected chi connectivity index (χ0v) is 19.9. The molecular formula is C23H25BrClNO5. The number of carbonyl (C=O) groups excluding carboxylic acids is 1. The maximum absolute atomic E-state index is 12.1. The van der Waals surface area contributed by atoms with Crippen LogP contribution in [0.4, 0.5) is 0 Å². The first kappa shape index (κ1) is 24.8. The van der Waals surface area contributed by atoms with Crippen LogP contribution in [0.3, 0.4) is 0 Å². The minimum Gasteiger partial charge on any atom is -0.490 e. The Bertz CT molecular complexity index is 961. The Kier molecular flexibility index (Phi) is 9.40. The molecule has 0 fully saturated rings. The van der Waals surface area contributed by atoms with Crippen LogP contribution in [0.2, 0.25) is 5.02 Å². The van der Waals surface area contributed by atoms with E-state index in [-0.39, 0.29) is 12.5 Å². The van der Waals surface area contributed by atoms with E-state index < -0.39 is 17.9 Å². The molecule has 2 N–H and O–H groups in total. The Morgan fingerprint density at radius 1 is 1.23 bits per heavy atom. The molecule has 0 aliphatic rings. The number of rotatable bonds is 10. The number of ether oxygens (including phenoxy) is 2. The van der Waals surface area contributed by atoms with Gasteiger partial charge < -0.3 is 19.9 Å². The van der Waals surface area contributed by atoms with Crippen molar-refractivity contribution in [2.24, 2.45) is 5.92 Å². The predicted octanol–water partition coefficient (Wildman–Crippen LogP) is 5.32. The Hall–Kier alpha value is -2.51. The molecule has 0 heterocycles. The largest absolute Gasteiger partial charge is 0.490 e. The summed E-state index contributed by atoms with van der Waals surface area (Å²) in [6, 6.07) is 9.99. The number of carboxylic acids is 1. The average Bonchev–Trinajstić information content (AvgIpc) is 2.70. The van der Waals surface area contributed by atoms with Crippen LogP contribution < -0.4 is 14.8 Å². The third-order valence-electron chi connectivity index (χ3n) is 4.32. The number of nitrogens with one attached hydrogen (secondary N) is 1. The van der Waals surface area contributed by atoms with Crippen molar-refractivity contribution in [3.05, 3.63) is 63.1 Å². The van der Waals surface area contributed by atoms with Crippen LogP contribution in [0.1, 0.15) is 31.9 Å². The molecule has 0 saturated carbocycles. The molecule has 166 valence electrons. The van der Waals surface area contributed by atoms with Gasteiger partial charge in [-0.3, -0.25) is 4.79 Å². The molecular weight excluding hydrogens is 486 g/mol. The molecule has 0 aromatic heterocycles. The van der Waals surface area contributed by atoms with Gasteiger partial charge in [0.15, 0.2) is 11.5 Å². The Morgan fingerprint density at radius 3 is 2.55 bits per heavy atom. The van der Waals surface area contributed by atoms with E-state index in [1.165, 1.54) is 6.08 Å². The van der Waals surface area contributed by atoms with Crippen molar-refractivity contribution in [1.29, 1.82) is 0 Å². The zero-order chi connectivity index (χ0) is 23.0. The number of hydrogen-bond acceptors (Lipinski definition) is 4. The second kappa shape index (κ2) is 11.8. The second-order valence-corrected chi connectivity index (χ2v) is 8.31. The number of carboxylic acid groups (broad SMARTS) is 1. The van der Waals surface area contributed by atoms with E-state index in [0.717, 1.165) is 5.56 Å². The molecule has 1 amide bonds. The molecule has 2 aromatic carbocycles. The lowest BCUT2D eigenvalue weighted by atomic mass is 10.0. The summed E-state index contributed by atoms with van der Waals surface area (Å²) in [5, 5.41) is 12.3. The number of amides is 1. The number of hydrogen-bond donors (Lipinski definition) is 2. The van der Waals surface area contributed by atoms with Gasteiger partial charge in [0, 0.05) is 16.7 Å². The van der Waals surface area contributed by atoms with E-state index >= 15 is 0 Å². The molecule has 0 bridgehead atoms. The quantitative estimate of drug-likeness (QED) is 0.423. The van der Waals surface area contributed by atoms with Gasteiger partial charge in [-0.05, 0) is 58.6 Å². The number of carbonyl (C=O) groups is 2. The highest BCUT2D eigenvalue weighted by atomic mass is 79.9. The Labute approximate surface area is 195 Å². The Morgan fingerprint density at radius 2 is 1.94 bits per heavy atom. The van der Waals surface area contributed by atoms with Gasteiger partial charge in [0.25, 0.3) is 0 Å². The van der Waals surface area contributed by atoms with Gasteiger partial charge in [-0.1, -0.05) is 43.6 Å². The second-order valence-electron chi connectivity index (χ2n) is 7.04. The molecule has 8 heteroatoms. The van der Waals surface area contributed by atoms with E-state index in [1.807, 2.05) is 25.1 Å². The summed E-state index contributed by atoms with van der Waals surface area (Å²) in [6.45, 7) is 6.02. The van der Waals surface area contributed by atoms with E-state index in [0.29, 0.717) is 33.2 Å². The van der Waals surface area contributed by atoms with Crippen LogP contribution in [-0.4, -0.2) is 29.6 Å². The molecule has 0 aliphatic carbocycles. The number of aliphatic carboxylic acids is 1. The summed E-state index contributed by atoms with van der Waals surface area (Å²) in [7, 11) is 0. The van der Waals surface area contributed by atoms with Gasteiger partial charge in [0.1, 0.15) is 12.6 Å². The van der Waals surface area contributed by atoms with Crippen LogP contribution in [0.15, 0.2) is 46.9 Å². The number of halogens is 2. The van der Waals surface area contributed by atoms with Gasteiger partial charge in [0.05, 0.1) is 11.1 Å². The van der Waals surface area contributed by atoms with E-state index in [1.54, 1.807) is 38.1 Å². The van der Waals surface area contributed by atoms with E-state index in [9.17, 15) is 14.7 Å². The first-order valence-corrected chi connectivity index (χ1v) is 10.9. The first-order chi connectivity index (χ1) is 14.7. The molecule has 31 heavy (non-hydrogen) atoms. The first-order valence-electron chi connectivity index (χ1n) is 9.76. The maximum atomic E-state index is 12.1. The standard InChI is InChI=1S/C23H25BrClNO5/c1-4-30-19-12-15(9-10-20(27)26-21(14(2)3)23(28)29)11-17(24)22(19)31-13-16-7-5-6-8-18(16)25/h5-12,14,21H,4,13H2,1-3H3,(H,26,27)(H,28,29)/b10-9+. The summed E-state index contributed by atoms with van der Waals surface area (Å²) >= 11 is 9.69. The smallest absolute Gasteiger partial charge is 0.326 e. The van der Waals surface area contributed by atoms with Gasteiger partial charge in [-0.15, -0.1) is 0 Å². The van der Waals surface area contributed by atoms with E-state index in [4.69, 9.17) is 21.1 Å².